The van der Waals surface area contributed by atoms with Crippen molar-refractivity contribution in [1.29, 1.82) is 0 Å². The van der Waals surface area contributed by atoms with Gasteiger partial charge in [0, 0.05) is 10.9 Å². The molecule has 1 aromatic heterocycles. The molecule has 1 N–H and O–H groups in total. The zero-order valence-corrected chi connectivity index (χ0v) is 13.6. The van der Waals surface area contributed by atoms with Crippen LogP contribution in [0.15, 0.2) is 35.7 Å². The van der Waals surface area contributed by atoms with Crippen molar-refractivity contribution in [2.24, 2.45) is 0 Å². The van der Waals surface area contributed by atoms with E-state index in [0.717, 1.165) is 13.0 Å². The molecule has 1 nitrogen and oxygen atoms in total. The normalized spacial score (nSPS) is 12.6. The number of benzene rings is 1. The van der Waals surface area contributed by atoms with Gasteiger partial charge in [0.05, 0.1) is 0 Å². The lowest BCUT2D eigenvalue weighted by Gasteiger charge is -2.19. The van der Waals surface area contributed by atoms with Gasteiger partial charge in [0.25, 0.3) is 0 Å². The molecule has 2 aromatic rings. The first-order valence-corrected chi connectivity index (χ1v) is 8.39. The Labute approximate surface area is 127 Å². The first kappa shape index (κ1) is 15.3. The zero-order chi connectivity index (χ0) is 14.4. The highest BCUT2D eigenvalue weighted by molar-refractivity contribution is 7.09. The van der Waals surface area contributed by atoms with Crippen molar-refractivity contribution < 1.29 is 0 Å². The van der Waals surface area contributed by atoms with E-state index in [1.807, 2.05) is 11.3 Å². The summed E-state index contributed by atoms with van der Waals surface area (Å²) < 4.78 is 0. The lowest BCUT2D eigenvalue weighted by atomic mass is 9.96. The van der Waals surface area contributed by atoms with Gasteiger partial charge in [-0.15, -0.1) is 11.3 Å². The maximum absolute atomic E-state index is 3.64. The molecule has 2 rings (SSSR count). The molecule has 0 aliphatic heterocycles. The topological polar surface area (TPSA) is 12.0 Å². The number of thiophene rings is 1. The average molecular weight is 287 g/mol. The van der Waals surface area contributed by atoms with E-state index in [9.17, 15) is 0 Å². The van der Waals surface area contributed by atoms with Crippen LogP contribution in [-0.4, -0.2) is 12.6 Å². The first-order chi connectivity index (χ1) is 9.69. The van der Waals surface area contributed by atoms with Crippen molar-refractivity contribution in [3.8, 4) is 0 Å². The molecule has 20 heavy (non-hydrogen) atoms. The number of aryl methyl sites for hydroxylation is 3. The van der Waals surface area contributed by atoms with Crippen molar-refractivity contribution in [2.45, 2.75) is 46.1 Å². The van der Waals surface area contributed by atoms with Crippen LogP contribution < -0.4 is 5.32 Å². The quantitative estimate of drug-likeness (QED) is 0.789. The molecule has 0 saturated heterocycles. The molecule has 0 aliphatic rings. The molecule has 108 valence electrons. The molecule has 0 bridgehead atoms. The highest BCUT2D eigenvalue weighted by Crippen LogP contribution is 2.17. The number of rotatable bonds is 7. The monoisotopic (exact) mass is 287 g/mol. The summed E-state index contributed by atoms with van der Waals surface area (Å²) in [6.45, 7) is 7.63. The number of likely N-dealkylation sites (N-methyl/N-ethyl adjacent to an activating group) is 1. The highest BCUT2D eigenvalue weighted by Gasteiger charge is 2.11. The summed E-state index contributed by atoms with van der Waals surface area (Å²) in [4.78, 5) is 1.49. The maximum atomic E-state index is 3.64. The van der Waals surface area contributed by atoms with Gasteiger partial charge in [-0.1, -0.05) is 36.8 Å². The van der Waals surface area contributed by atoms with Gasteiger partial charge in [-0.3, -0.25) is 0 Å². The zero-order valence-electron chi connectivity index (χ0n) is 12.8. The third kappa shape index (κ3) is 4.46. The lowest BCUT2D eigenvalue weighted by molar-refractivity contribution is 0.491. The van der Waals surface area contributed by atoms with Gasteiger partial charge in [-0.25, -0.2) is 0 Å². The molecular formula is C18H25NS. The molecule has 0 radical (unpaired) electrons. The Morgan fingerprint density at radius 2 is 2.05 bits per heavy atom. The van der Waals surface area contributed by atoms with Gasteiger partial charge in [0.1, 0.15) is 0 Å². The summed E-state index contributed by atoms with van der Waals surface area (Å²) in [5.74, 6) is 0. The summed E-state index contributed by atoms with van der Waals surface area (Å²) >= 11 is 1.87. The van der Waals surface area contributed by atoms with Crippen LogP contribution in [-0.2, 0) is 12.8 Å². The summed E-state index contributed by atoms with van der Waals surface area (Å²) in [6.07, 6.45) is 3.52. The summed E-state index contributed by atoms with van der Waals surface area (Å²) in [7, 11) is 0. The van der Waals surface area contributed by atoms with Gasteiger partial charge >= 0.3 is 0 Å². The smallest absolute Gasteiger partial charge is 0.0111 e. The summed E-state index contributed by atoms with van der Waals surface area (Å²) in [5.41, 5.74) is 4.26. The minimum Gasteiger partial charge on any atom is -0.314 e. The standard InChI is InChI=1S/C18H25NS/c1-4-19-17(9-10-18-6-5-11-20-18)13-16-12-14(2)7-8-15(16)3/h5-8,11-12,17,19H,4,9-10,13H2,1-3H3. The van der Waals surface area contributed by atoms with E-state index in [1.165, 1.54) is 34.4 Å². The van der Waals surface area contributed by atoms with Crippen molar-refractivity contribution in [3.63, 3.8) is 0 Å². The fourth-order valence-corrected chi connectivity index (χ4v) is 3.35. The van der Waals surface area contributed by atoms with Gasteiger partial charge in [-0.2, -0.15) is 0 Å². The minimum absolute atomic E-state index is 0.572. The second kappa shape index (κ2) is 7.61. The predicted octanol–water partition coefficient (Wildman–Crippen LogP) is 4.52. The molecular weight excluding hydrogens is 262 g/mol. The summed E-state index contributed by atoms with van der Waals surface area (Å²) in [6, 6.07) is 11.7. The van der Waals surface area contributed by atoms with Crippen LogP contribution >= 0.6 is 11.3 Å². The summed E-state index contributed by atoms with van der Waals surface area (Å²) in [5, 5.41) is 5.81. The molecule has 1 atom stereocenters. The fourth-order valence-electron chi connectivity index (χ4n) is 2.62. The van der Waals surface area contributed by atoms with Crippen LogP contribution in [0.4, 0.5) is 0 Å². The van der Waals surface area contributed by atoms with Crippen LogP contribution in [0.1, 0.15) is 34.9 Å². The molecule has 0 aliphatic carbocycles. The molecule has 0 saturated carbocycles. The Bertz CT molecular complexity index is 516. The van der Waals surface area contributed by atoms with Crippen molar-refractivity contribution in [1.82, 2.24) is 5.32 Å². The molecule has 1 unspecified atom stereocenters. The SMILES string of the molecule is CCNC(CCc1cccs1)Cc1cc(C)ccc1C. The third-order valence-corrected chi connectivity index (χ3v) is 4.72. The van der Waals surface area contributed by atoms with E-state index in [2.05, 4.69) is 61.8 Å². The van der Waals surface area contributed by atoms with E-state index in [-0.39, 0.29) is 0 Å². The molecule has 0 spiro atoms. The van der Waals surface area contributed by atoms with Crippen LogP contribution in [0.2, 0.25) is 0 Å². The first-order valence-electron chi connectivity index (χ1n) is 7.51. The van der Waals surface area contributed by atoms with Crippen LogP contribution in [0.5, 0.6) is 0 Å². The Morgan fingerprint density at radius 1 is 1.20 bits per heavy atom. The average Bonchev–Trinajstić information content (AvgIpc) is 2.93. The predicted molar refractivity (Wildman–Crippen MR) is 89.7 cm³/mol. The van der Waals surface area contributed by atoms with Gasteiger partial charge in [-0.05, 0) is 62.2 Å². The van der Waals surface area contributed by atoms with Crippen molar-refractivity contribution >= 4 is 11.3 Å². The molecule has 1 heterocycles. The highest BCUT2D eigenvalue weighted by atomic mass is 32.1. The second-order valence-electron chi connectivity index (χ2n) is 5.51. The van der Waals surface area contributed by atoms with Crippen LogP contribution in [0.3, 0.4) is 0 Å². The van der Waals surface area contributed by atoms with E-state index >= 15 is 0 Å². The van der Waals surface area contributed by atoms with Crippen LogP contribution in [0, 0.1) is 13.8 Å². The number of nitrogens with one attached hydrogen (secondary N) is 1. The fraction of sp³-hybridized carbons (Fsp3) is 0.444. The Kier molecular flexibility index (Phi) is 5.81. The lowest BCUT2D eigenvalue weighted by Crippen LogP contribution is -2.31. The second-order valence-corrected chi connectivity index (χ2v) is 6.54. The van der Waals surface area contributed by atoms with Crippen molar-refractivity contribution in [2.75, 3.05) is 6.54 Å². The molecule has 0 amide bonds. The van der Waals surface area contributed by atoms with E-state index in [0.29, 0.717) is 6.04 Å². The maximum Gasteiger partial charge on any atom is 0.0111 e. The van der Waals surface area contributed by atoms with Crippen molar-refractivity contribution in [3.05, 3.63) is 57.3 Å². The largest absolute Gasteiger partial charge is 0.314 e. The molecule has 2 heteroatoms. The van der Waals surface area contributed by atoms with Gasteiger partial charge < -0.3 is 5.32 Å². The van der Waals surface area contributed by atoms with E-state index < -0.39 is 0 Å². The third-order valence-electron chi connectivity index (χ3n) is 3.78. The molecule has 1 aromatic carbocycles. The minimum atomic E-state index is 0.572. The number of hydrogen-bond acceptors (Lipinski definition) is 2. The Balaban J connectivity index is 1.99. The van der Waals surface area contributed by atoms with Crippen LogP contribution in [0.25, 0.3) is 0 Å². The van der Waals surface area contributed by atoms with Gasteiger partial charge in [0.15, 0.2) is 0 Å². The Morgan fingerprint density at radius 3 is 2.75 bits per heavy atom. The van der Waals surface area contributed by atoms with Gasteiger partial charge in [0.2, 0.25) is 0 Å². The van der Waals surface area contributed by atoms with E-state index in [4.69, 9.17) is 0 Å². The van der Waals surface area contributed by atoms with E-state index in [1.54, 1.807) is 0 Å². The Hall–Kier alpha value is -1.12. The molecule has 0 fully saturated rings. The number of hydrogen-bond donors (Lipinski definition) is 1.